The van der Waals surface area contributed by atoms with Crippen LogP contribution in [0.15, 0.2) is 42.6 Å². The molecule has 1 aliphatic rings. The first kappa shape index (κ1) is 16.0. The second-order valence-corrected chi connectivity index (χ2v) is 6.62. The van der Waals surface area contributed by atoms with Gasteiger partial charge in [-0.25, -0.2) is 4.98 Å². The number of nitrogen functional groups attached to an aromatic ring is 1. The van der Waals surface area contributed by atoms with E-state index in [1.807, 2.05) is 6.20 Å². The molecular weight excluding hydrogens is 310 g/mol. The molecular formula is C21H23N3O. The molecule has 1 saturated heterocycles. The van der Waals surface area contributed by atoms with E-state index in [4.69, 9.17) is 15.5 Å². The Hall–Kier alpha value is -2.46. The van der Waals surface area contributed by atoms with Gasteiger partial charge in [0.05, 0.1) is 5.52 Å². The predicted molar refractivity (Wildman–Crippen MR) is 102 cm³/mol. The molecule has 4 heteroatoms. The maximum Gasteiger partial charge on any atom is 0.126 e. The van der Waals surface area contributed by atoms with Crippen molar-refractivity contribution in [2.75, 3.05) is 18.9 Å². The summed E-state index contributed by atoms with van der Waals surface area (Å²) in [6, 6.07) is 12.8. The van der Waals surface area contributed by atoms with Crippen LogP contribution in [0.25, 0.3) is 22.0 Å². The zero-order chi connectivity index (χ0) is 17.2. The Morgan fingerprint density at radius 1 is 1.16 bits per heavy atom. The van der Waals surface area contributed by atoms with E-state index in [0.29, 0.717) is 11.7 Å². The Kier molecular flexibility index (Phi) is 4.36. The van der Waals surface area contributed by atoms with Crippen LogP contribution in [0.4, 0.5) is 5.82 Å². The minimum absolute atomic E-state index is 0.488. The molecule has 4 rings (SSSR count). The summed E-state index contributed by atoms with van der Waals surface area (Å²) in [6.45, 7) is 3.75. The van der Waals surface area contributed by atoms with Crippen LogP contribution in [0.5, 0.6) is 0 Å². The van der Waals surface area contributed by atoms with Crippen LogP contribution in [0.3, 0.4) is 0 Å². The number of ether oxygens (including phenoxy) is 1. The summed E-state index contributed by atoms with van der Waals surface area (Å²) in [7, 11) is 0. The van der Waals surface area contributed by atoms with E-state index in [9.17, 15) is 0 Å². The van der Waals surface area contributed by atoms with Crippen molar-refractivity contribution >= 4 is 16.7 Å². The van der Waals surface area contributed by atoms with Crippen molar-refractivity contribution < 1.29 is 4.74 Å². The molecule has 0 aliphatic carbocycles. The van der Waals surface area contributed by atoms with Gasteiger partial charge in [-0.3, -0.25) is 4.98 Å². The van der Waals surface area contributed by atoms with Crippen molar-refractivity contribution in [2.24, 2.45) is 0 Å². The molecule has 0 radical (unpaired) electrons. The van der Waals surface area contributed by atoms with Crippen LogP contribution in [-0.2, 0) is 11.2 Å². The van der Waals surface area contributed by atoms with Gasteiger partial charge >= 0.3 is 0 Å². The average Bonchev–Trinajstić information content (AvgIpc) is 2.68. The molecule has 1 fully saturated rings. The fraction of sp³-hybridized carbons (Fsp3) is 0.333. The topological polar surface area (TPSA) is 61.0 Å². The fourth-order valence-corrected chi connectivity index (χ4v) is 3.57. The van der Waals surface area contributed by atoms with Crippen LogP contribution in [0, 0.1) is 0 Å². The summed E-state index contributed by atoms with van der Waals surface area (Å²) < 4.78 is 5.49. The SMILES string of the molecule is CCc1cc(-c2cccc3ccc(C4CCOCC4)nc23)cnc1N. The zero-order valence-electron chi connectivity index (χ0n) is 14.5. The summed E-state index contributed by atoms with van der Waals surface area (Å²) in [6.07, 6.45) is 4.82. The number of hydrogen-bond donors (Lipinski definition) is 1. The second-order valence-electron chi connectivity index (χ2n) is 6.62. The lowest BCUT2D eigenvalue weighted by Crippen LogP contribution is -2.15. The van der Waals surface area contributed by atoms with Gasteiger partial charge in [-0.1, -0.05) is 31.2 Å². The number of rotatable bonds is 3. The van der Waals surface area contributed by atoms with E-state index in [2.05, 4.69) is 48.3 Å². The molecule has 128 valence electrons. The predicted octanol–water partition coefficient (Wildman–Crippen LogP) is 4.34. The van der Waals surface area contributed by atoms with Gasteiger partial charge < -0.3 is 10.5 Å². The number of nitrogens with zero attached hydrogens (tertiary/aromatic N) is 2. The Balaban J connectivity index is 1.83. The van der Waals surface area contributed by atoms with E-state index in [1.165, 1.54) is 5.69 Å². The molecule has 2 aromatic heterocycles. The standard InChI is InChI=1S/C21H23N3O/c1-2-14-12-17(13-23-21(14)22)18-5-3-4-16-6-7-19(24-20(16)18)15-8-10-25-11-9-15/h3-7,12-13,15H,2,8-11H2,1H3,(H2,22,23). The molecule has 4 nitrogen and oxygen atoms in total. The molecule has 25 heavy (non-hydrogen) atoms. The van der Waals surface area contributed by atoms with Gasteiger partial charge in [0.25, 0.3) is 0 Å². The highest BCUT2D eigenvalue weighted by atomic mass is 16.5. The maximum atomic E-state index is 5.97. The normalized spacial score (nSPS) is 15.6. The van der Waals surface area contributed by atoms with Gasteiger partial charge in [-0.2, -0.15) is 0 Å². The average molecular weight is 333 g/mol. The molecule has 0 bridgehead atoms. The van der Waals surface area contributed by atoms with Crippen molar-refractivity contribution in [2.45, 2.75) is 32.1 Å². The highest BCUT2D eigenvalue weighted by molar-refractivity contribution is 5.93. The fourth-order valence-electron chi connectivity index (χ4n) is 3.57. The molecule has 1 aromatic carbocycles. The Labute approximate surface area is 148 Å². The quantitative estimate of drug-likeness (QED) is 0.775. The van der Waals surface area contributed by atoms with Crippen molar-refractivity contribution in [1.82, 2.24) is 9.97 Å². The third-order valence-corrected chi connectivity index (χ3v) is 5.07. The lowest BCUT2D eigenvalue weighted by atomic mass is 9.94. The van der Waals surface area contributed by atoms with E-state index < -0.39 is 0 Å². The molecule has 3 aromatic rings. The number of para-hydroxylation sites is 1. The highest BCUT2D eigenvalue weighted by Gasteiger charge is 2.18. The van der Waals surface area contributed by atoms with Gasteiger partial charge in [-0.15, -0.1) is 0 Å². The number of anilines is 1. The molecule has 2 N–H and O–H groups in total. The van der Waals surface area contributed by atoms with Gasteiger partial charge in [-0.05, 0) is 37.0 Å². The number of fused-ring (bicyclic) bond motifs is 1. The van der Waals surface area contributed by atoms with E-state index in [0.717, 1.165) is 60.1 Å². The molecule has 0 spiro atoms. The lowest BCUT2D eigenvalue weighted by molar-refractivity contribution is 0.0846. The monoisotopic (exact) mass is 333 g/mol. The number of benzene rings is 1. The molecule has 0 atom stereocenters. The zero-order valence-corrected chi connectivity index (χ0v) is 14.5. The lowest BCUT2D eigenvalue weighted by Gasteiger charge is -2.22. The van der Waals surface area contributed by atoms with Crippen molar-refractivity contribution in [1.29, 1.82) is 0 Å². The highest BCUT2D eigenvalue weighted by Crippen LogP contribution is 2.32. The van der Waals surface area contributed by atoms with E-state index in [1.54, 1.807) is 0 Å². The third-order valence-electron chi connectivity index (χ3n) is 5.07. The smallest absolute Gasteiger partial charge is 0.126 e. The molecule has 1 aliphatic heterocycles. The van der Waals surface area contributed by atoms with Crippen molar-refractivity contribution in [3.8, 4) is 11.1 Å². The van der Waals surface area contributed by atoms with Crippen LogP contribution in [0.2, 0.25) is 0 Å². The van der Waals surface area contributed by atoms with Gasteiger partial charge in [0.15, 0.2) is 0 Å². The molecule has 0 amide bonds. The van der Waals surface area contributed by atoms with Crippen LogP contribution in [-0.4, -0.2) is 23.2 Å². The van der Waals surface area contributed by atoms with Crippen molar-refractivity contribution in [3.63, 3.8) is 0 Å². The Morgan fingerprint density at radius 2 is 2.00 bits per heavy atom. The van der Waals surface area contributed by atoms with Crippen LogP contribution in [0.1, 0.15) is 36.9 Å². The number of hydrogen-bond acceptors (Lipinski definition) is 4. The number of nitrogens with two attached hydrogens (primary N) is 1. The third kappa shape index (κ3) is 3.10. The van der Waals surface area contributed by atoms with Crippen molar-refractivity contribution in [3.05, 3.63) is 53.9 Å². The largest absolute Gasteiger partial charge is 0.383 e. The summed E-state index contributed by atoms with van der Waals surface area (Å²) in [5.74, 6) is 1.10. The first-order chi connectivity index (χ1) is 12.3. The number of aryl methyl sites for hydroxylation is 1. The summed E-state index contributed by atoms with van der Waals surface area (Å²) in [4.78, 5) is 9.42. The van der Waals surface area contributed by atoms with E-state index in [-0.39, 0.29) is 0 Å². The van der Waals surface area contributed by atoms with Crippen LogP contribution >= 0.6 is 0 Å². The van der Waals surface area contributed by atoms with Gasteiger partial charge in [0, 0.05) is 47.5 Å². The molecule has 3 heterocycles. The minimum Gasteiger partial charge on any atom is -0.383 e. The summed E-state index contributed by atoms with van der Waals surface area (Å²) >= 11 is 0. The molecule has 0 saturated carbocycles. The number of pyridine rings is 2. The Morgan fingerprint density at radius 3 is 2.80 bits per heavy atom. The van der Waals surface area contributed by atoms with E-state index >= 15 is 0 Å². The van der Waals surface area contributed by atoms with Gasteiger partial charge in [0.2, 0.25) is 0 Å². The summed E-state index contributed by atoms with van der Waals surface area (Å²) in [5, 5.41) is 1.16. The van der Waals surface area contributed by atoms with Crippen LogP contribution < -0.4 is 5.73 Å². The Bertz CT molecular complexity index is 901. The van der Waals surface area contributed by atoms with Gasteiger partial charge in [0.1, 0.15) is 5.82 Å². The number of aromatic nitrogens is 2. The second kappa shape index (κ2) is 6.81. The molecule has 0 unspecified atom stereocenters. The minimum atomic E-state index is 0.488. The first-order valence-corrected chi connectivity index (χ1v) is 8.98. The first-order valence-electron chi connectivity index (χ1n) is 8.98. The maximum absolute atomic E-state index is 5.97. The summed E-state index contributed by atoms with van der Waals surface area (Å²) in [5.41, 5.74) is 11.5.